The fourth-order valence-electron chi connectivity index (χ4n) is 2.18. The Balaban J connectivity index is 0. The third-order valence-electron chi connectivity index (χ3n) is 3.20. The summed E-state index contributed by atoms with van der Waals surface area (Å²) in [5.74, 6) is 0.552. The summed E-state index contributed by atoms with van der Waals surface area (Å²) in [4.78, 5) is 23.7. The average Bonchev–Trinajstić information content (AvgIpc) is 2.62. The lowest BCUT2D eigenvalue weighted by Gasteiger charge is -2.36. The molecule has 5 heteroatoms. The highest BCUT2D eigenvalue weighted by atomic mass is 16.5. The number of hydrogen-bond acceptors (Lipinski definition) is 4. The van der Waals surface area contributed by atoms with Gasteiger partial charge < -0.3 is 9.64 Å². The third kappa shape index (κ3) is 10.2. The Kier molecular flexibility index (Phi) is 16.5. The number of imide groups is 1. The van der Waals surface area contributed by atoms with E-state index >= 15 is 0 Å². The van der Waals surface area contributed by atoms with Gasteiger partial charge in [0.2, 0.25) is 12.3 Å². The van der Waals surface area contributed by atoms with Crippen LogP contribution in [0.2, 0.25) is 0 Å². The van der Waals surface area contributed by atoms with E-state index in [1.165, 1.54) is 0 Å². The Morgan fingerprint density at radius 3 is 2.44 bits per heavy atom. The summed E-state index contributed by atoms with van der Waals surface area (Å²) in [7, 11) is 0. The van der Waals surface area contributed by atoms with E-state index in [0.29, 0.717) is 25.9 Å². The molecule has 0 aliphatic carbocycles. The van der Waals surface area contributed by atoms with Crippen LogP contribution in [0.3, 0.4) is 0 Å². The van der Waals surface area contributed by atoms with Crippen molar-refractivity contribution in [1.82, 2.24) is 10.2 Å². The molecule has 1 aliphatic heterocycles. The molecule has 0 aromatic carbocycles. The first-order valence-electron chi connectivity index (χ1n) is 8.74. The number of amides is 2. The van der Waals surface area contributed by atoms with Gasteiger partial charge in [0.25, 0.3) is 0 Å². The fraction of sp³-hybridized carbons (Fsp3) is 0.500. The van der Waals surface area contributed by atoms with Crippen molar-refractivity contribution in [3.63, 3.8) is 0 Å². The molecule has 0 bridgehead atoms. The average molecular weight is 351 g/mol. The van der Waals surface area contributed by atoms with Crippen molar-refractivity contribution in [2.24, 2.45) is 0 Å². The van der Waals surface area contributed by atoms with E-state index in [4.69, 9.17) is 4.74 Å². The predicted molar refractivity (Wildman–Crippen MR) is 105 cm³/mol. The van der Waals surface area contributed by atoms with Crippen LogP contribution in [0.4, 0.5) is 0 Å². The highest BCUT2D eigenvalue weighted by molar-refractivity contribution is 5.85. The summed E-state index contributed by atoms with van der Waals surface area (Å²) in [6.07, 6.45) is 8.76. The fourth-order valence-corrected chi connectivity index (χ4v) is 2.18. The van der Waals surface area contributed by atoms with E-state index in [2.05, 4.69) is 30.3 Å². The second-order valence-corrected chi connectivity index (χ2v) is 4.98. The lowest BCUT2D eigenvalue weighted by atomic mass is 10.1. The van der Waals surface area contributed by atoms with Gasteiger partial charge in [-0.25, -0.2) is 0 Å². The van der Waals surface area contributed by atoms with E-state index in [9.17, 15) is 9.59 Å². The largest absolute Gasteiger partial charge is 0.490 e. The molecule has 0 saturated carbocycles. The van der Waals surface area contributed by atoms with E-state index in [0.717, 1.165) is 18.0 Å². The smallest absolute Gasteiger partial charge is 0.226 e. The lowest BCUT2D eigenvalue weighted by molar-refractivity contribution is -0.125. The molecule has 1 N–H and O–H groups in total. The van der Waals surface area contributed by atoms with Gasteiger partial charge in [-0.1, -0.05) is 32.6 Å². The number of rotatable bonds is 7. The van der Waals surface area contributed by atoms with E-state index in [1.807, 2.05) is 39.8 Å². The van der Waals surface area contributed by atoms with Crippen LogP contribution >= 0.6 is 0 Å². The van der Waals surface area contributed by atoms with E-state index in [-0.39, 0.29) is 11.9 Å². The van der Waals surface area contributed by atoms with Gasteiger partial charge in [0.15, 0.2) is 0 Å². The maximum Gasteiger partial charge on any atom is 0.226 e. The molecule has 0 aromatic rings. The van der Waals surface area contributed by atoms with E-state index in [1.54, 1.807) is 12.2 Å². The van der Waals surface area contributed by atoms with Crippen molar-refractivity contribution in [2.75, 3.05) is 13.2 Å². The molecule has 1 heterocycles. The molecule has 142 valence electrons. The first kappa shape index (κ1) is 24.9. The SMILES string of the molecule is C=CC.C=CC1=C(/C=C\C)OCCN1C(C)CCC(=O)NC=O.CC. The Morgan fingerprint density at radius 2 is 1.96 bits per heavy atom. The maximum absolute atomic E-state index is 11.3. The van der Waals surface area contributed by atoms with Gasteiger partial charge in [-0.2, -0.15) is 0 Å². The number of nitrogens with one attached hydrogen (secondary N) is 1. The molecule has 0 spiro atoms. The van der Waals surface area contributed by atoms with Crippen LogP contribution in [0.5, 0.6) is 0 Å². The van der Waals surface area contributed by atoms with Gasteiger partial charge in [0.05, 0.1) is 12.2 Å². The minimum atomic E-state index is -0.252. The molecular formula is C20H34N2O3. The minimum absolute atomic E-state index is 0.171. The number of hydrogen-bond donors (Lipinski definition) is 1. The van der Waals surface area contributed by atoms with Crippen molar-refractivity contribution in [3.05, 3.63) is 48.9 Å². The third-order valence-corrected chi connectivity index (χ3v) is 3.20. The lowest BCUT2D eigenvalue weighted by Crippen LogP contribution is -2.39. The Bertz CT molecular complexity index is 468. The van der Waals surface area contributed by atoms with Crippen LogP contribution in [-0.2, 0) is 14.3 Å². The highest BCUT2D eigenvalue weighted by Gasteiger charge is 2.22. The zero-order chi connectivity index (χ0) is 19.7. The Labute approximate surface area is 153 Å². The summed E-state index contributed by atoms with van der Waals surface area (Å²) in [6, 6.07) is 0.171. The molecule has 1 atom stereocenters. The molecule has 0 saturated heterocycles. The van der Waals surface area contributed by atoms with Crippen LogP contribution < -0.4 is 5.32 Å². The summed E-state index contributed by atoms with van der Waals surface area (Å²) in [5.41, 5.74) is 0.942. The van der Waals surface area contributed by atoms with Crippen LogP contribution in [0.15, 0.2) is 48.9 Å². The molecular weight excluding hydrogens is 316 g/mol. The second-order valence-electron chi connectivity index (χ2n) is 4.98. The van der Waals surface area contributed by atoms with Crippen LogP contribution in [0.1, 0.15) is 47.5 Å². The Morgan fingerprint density at radius 1 is 1.36 bits per heavy atom. The van der Waals surface area contributed by atoms with Crippen molar-refractivity contribution in [1.29, 1.82) is 0 Å². The van der Waals surface area contributed by atoms with Crippen molar-refractivity contribution in [3.8, 4) is 0 Å². The topological polar surface area (TPSA) is 58.6 Å². The monoisotopic (exact) mass is 350 g/mol. The van der Waals surface area contributed by atoms with E-state index < -0.39 is 0 Å². The number of carbonyl (C=O) groups excluding carboxylic acids is 2. The van der Waals surface area contributed by atoms with Crippen molar-refractivity contribution in [2.45, 2.75) is 53.5 Å². The van der Waals surface area contributed by atoms with Crippen molar-refractivity contribution < 1.29 is 14.3 Å². The van der Waals surface area contributed by atoms with Crippen LogP contribution in [-0.4, -0.2) is 36.4 Å². The van der Waals surface area contributed by atoms with Gasteiger partial charge >= 0.3 is 0 Å². The molecule has 2 amide bonds. The number of ether oxygens (including phenoxy) is 1. The molecule has 0 radical (unpaired) electrons. The Hall–Kier alpha value is -2.30. The van der Waals surface area contributed by atoms with Crippen molar-refractivity contribution >= 4 is 12.3 Å². The zero-order valence-corrected chi connectivity index (χ0v) is 16.4. The van der Waals surface area contributed by atoms with Gasteiger partial charge in [-0.3, -0.25) is 14.9 Å². The highest BCUT2D eigenvalue weighted by Crippen LogP contribution is 2.23. The van der Waals surface area contributed by atoms with Gasteiger partial charge in [0.1, 0.15) is 12.4 Å². The summed E-state index contributed by atoms with van der Waals surface area (Å²) in [6.45, 7) is 18.4. The predicted octanol–water partition coefficient (Wildman–Crippen LogP) is 3.95. The summed E-state index contributed by atoms with van der Waals surface area (Å²) >= 11 is 0. The molecule has 0 aromatic heterocycles. The van der Waals surface area contributed by atoms with Crippen LogP contribution in [0, 0.1) is 0 Å². The number of nitrogens with zero attached hydrogens (tertiary/aromatic N) is 1. The summed E-state index contributed by atoms with van der Waals surface area (Å²) in [5, 5.41) is 2.15. The molecule has 0 fully saturated rings. The zero-order valence-electron chi connectivity index (χ0n) is 16.4. The first-order valence-corrected chi connectivity index (χ1v) is 8.74. The molecule has 1 aliphatic rings. The minimum Gasteiger partial charge on any atom is -0.490 e. The number of carbonyl (C=O) groups is 2. The number of allylic oxidation sites excluding steroid dienone is 4. The quantitative estimate of drug-likeness (QED) is 0.558. The first-order chi connectivity index (χ1) is 12.0. The van der Waals surface area contributed by atoms with Gasteiger partial charge in [0, 0.05) is 12.5 Å². The maximum atomic E-state index is 11.3. The normalized spacial score (nSPS) is 14.2. The second kappa shape index (κ2) is 16.6. The molecule has 1 unspecified atom stereocenters. The summed E-state index contributed by atoms with van der Waals surface area (Å²) < 4.78 is 5.62. The molecule has 5 nitrogen and oxygen atoms in total. The van der Waals surface area contributed by atoms with Gasteiger partial charge in [-0.05, 0) is 39.3 Å². The standard InChI is InChI=1S/C15H22N2O3.C3H6.C2H6/c1-4-6-14-13(5-2)17(9-10-20-14)12(3)7-8-15(19)16-11-18;1-3-2;1-2/h4-6,11-12H,2,7-10H2,1,3H3,(H,16,18,19);3H,1H2,2H3;1-2H3/b6-4-;;. The van der Waals surface area contributed by atoms with Gasteiger partial charge in [-0.15, -0.1) is 6.58 Å². The molecule has 1 rings (SSSR count). The molecule has 25 heavy (non-hydrogen) atoms. The van der Waals surface area contributed by atoms with Crippen LogP contribution in [0.25, 0.3) is 0 Å².